The number of nitrogens with zero attached hydrogens (tertiary/aromatic N) is 4. The molecule has 1 aromatic carbocycles. The van der Waals surface area contributed by atoms with Crippen LogP contribution < -0.4 is 24.8 Å². The average molecular weight is 473 g/mol. The molecular formula is C23H32N6O3S. The molecule has 33 heavy (non-hydrogen) atoms. The number of benzene rings is 1. The standard InChI is InChI=1S/C23H32N6O3S/c1-14-8-7-9-29(13-14)22(27-21-24-15(2)10-16(3)25-21)28-23(33)26-17-11-18(30-4)20(32-6)19(12-17)31-5/h10-12,14H,7-9,13H2,1-6H3,(H2,24,25,26,27,28,33). The molecule has 1 unspecified atom stereocenters. The van der Waals surface area contributed by atoms with Crippen molar-refractivity contribution in [2.75, 3.05) is 45.1 Å². The third kappa shape index (κ3) is 6.44. The van der Waals surface area contributed by atoms with E-state index < -0.39 is 0 Å². The lowest BCUT2D eigenvalue weighted by Gasteiger charge is -2.33. The molecule has 2 heterocycles. The number of aliphatic imine (C=N–C) groups is 1. The van der Waals surface area contributed by atoms with E-state index in [2.05, 4.69) is 32.4 Å². The van der Waals surface area contributed by atoms with Crippen molar-refractivity contribution < 1.29 is 14.2 Å². The highest BCUT2D eigenvalue weighted by Gasteiger charge is 2.21. The van der Waals surface area contributed by atoms with E-state index in [1.165, 1.54) is 6.42 Å². The van der Waals surface area contributed by atoms with Gasteiger partial charge in [-0.05, 0) is 50.9 Å². The number of piperidine rings is 1. The Kier molecular flexibility index (Phi) is 8.26. The van der Waals surface area contributed by atoms with E-state index in [0.29, 0.717) is 40.8 Å². The molecule has 0 saturated carbocycles. The third-order valence-electron chi connectivity index (χ3n) is 5.29. The number of hydrogen-bond donors (Lipinski definition) is 2. The maximum Gasteiger partial charge on any atom is 0.229 e. The number of ether oxygens (including phenoxy) is 3. The van der Waals surface area contributed by atoms with Gasteiger partial charge in [-0.3, -0.25) is 5.32 Å². The summed E-state index contributed by atoms with van der Waals surface area (Å²) in [6.45, 7) is 7.88. The molecule has 3 rings (SSSR count). The van der Waals surface area contributed by atoms with Crippen molar-refractivity contribution in [2.24, 2.45) is 10.9 Å². The Hall–Kier alpha value is -3.14. The Balaban J connectivity index is 1.89. The van der Waals surface area contributed by atoms with Crippen molar-refractivity contribution in [3.8, 4) is 17.2 Å². The predicted octanol–water partition coefficient (Wildman–Crippen LogP) is 4.02. The topological polar surface area (TPSA) is 93.1 Å². The van der Waals surface area contributed by atoms with Crippen LogP contribution in [0.5, 0.6) is 17.2 Å². The highest BCUT2D eigenvalue weighted by Crippen LogP contribution is 2.40. The molecular weight excluding hydrogens is 440 g/mol. The van der Waals surface area contributed by atoms with Crippen LogP contribution in [0.4, 0.5) is 11.6 Å². The molecule has 1 saturated heterocycles. The first-order valence-corrected chi connectivity index (χ1v) is 11.3. The summed E-state index contributed by atoms with van der Waals surface area (Å²) in [6, 6.07) is 5.50. The number of rotatable bonds is 5. The van der Waals surface area contributed by atoms with Gasteiger partial charge in [-0.2, -0.15) is 4.99 Å². The lowest BCUT2D eigenvalue weighted by Crippen LogP contribution is -2.43. The quantitative estimate of drug-likeness (QED) is 0.380. The number of aryl methyl sites for hydroxylation is 2. The fraction of sp³-hybridized carbons (Fsp3) is 0.478. The van der Waals surface area contributed by atoms with Crippen molar-refractivity contribution >= 4 is 34.9 Å². The SMILES string of the molecule is COc1cc(NC(=S)/N=C(/Nc2nc(C)cc(C)n2)N2CCCC(C)C2)cc(OC)c1OC. The number of aromatic nitrogens is 2. The van der Waals surface area contributed by atoms with E-state index in [4.69, 9.17) is 31.4 Å². The van der Waals surface area contributed by atoms with E-state index in [-0.39, 0.29) is 5.11 Å². The molecule has 2 aromatic rings. The Morgan fingerprint density at radius 3 is 2.21 bits per heavy atom. The fourth-order valence-corrected chi connectivity index (χ4v) is 4.05. The maximum atomic E-state index is 5.58. The van der Waals surface area contributed by atoms with Crippen LogP contribution in [-0.2, 0) is 0 Å². The van der Waals surface area contributed by atoms with Crippen LogP contribution >= 0.6 is 12.2 Å². The molecule has 0 aliphatic carbocycles. The zero-order chi connectivity index (χ0) is 24.0. The molecule has 1 fully saturated rings. The van der Waals surface area contributed by atoms with Gasteiger partial charge < -0.3 is 24.4 Å². The van der Waals surface area contributed by atoms with Crippen molar-refractivity contribution in [2.45, 2.75) is 33.6 Å². The summed E-state index contributed by atoms with van der Waals surface area (Å²) in [5, 5.41) is 6.73. The Morgan fingerprint density at radius 1 is 1.03 bits per heavy atom. The highest BCUT2D eigenvalue weighted by molar-refractivity contribution is 7.80. The first-order valence-electron chi connectivity index (χ1n) is 10.9. The molecule has 10 heteroatoms. The summed E-state index contributed by atoms with van der Waals surface area (Å²) in [7, 11) is 4.71. The number of hydrogen-bond acceptors (Lipinski definition) is 6. The number of guanidine groups is 1. The summed E-state index contributed by atoms with van der Waals surface area (Å²) in [5.74, 6) is 3.24. The minimum atomic E-state index is 0.286. The lowest BCUT2D eigenvalue weighted by molar-refractivity contribution is 0.273. The number of thiocarbonyl (C=S) groups is 1. The maximum absolute atomic E-state index is 5.58. The number of anilines is 2. The zero-order valence-electron chi connectivity index (χ0n) is 20.1. The van der Waals surface area contributed by atoms with Gasteiger partial charge in [0.2, 0.25) is 22.8 Å². The molecule has 0 spiro atoms. The van der Waals surface area contributed by atoms with E-state index >= 15 is 0 Å². The van der Waals surface area contributed by atoms with Crippen molar-refractivity contribution in [1.29, 1.82) is 0 Å². The van der Waals surface area contributed by atoms with Gasteiger partial charge in [0.1, 0.15) is 0 Å². The summed E-state index contributed by atoms with van der Waals surface area (Å²) in [6.07, 6.45) is 2.28. The molecule has 0 bridgehead atoms. The number of methoxy groups -OCH3 is 3. The van der Waals surface area contributed by atoms with Crippen molar-refractivity contribution in [3.05, 3.63) is 29.6 Å². The minimum absolute atomic E-state index is 0.286. The van der Waals surface area contributed by atoms with E-state index in [9.17, 15) is 0 Å². The first-order chi connectivity index (χ1) is 15.8. The largest absolute Gasteiger partial charge is 0.493 e. The molecule has 2 N–H and O–H groups in total. The normalized spacial score (nSPS) is 16.2. The summed E-state index contributed by atoms with van der Waals surface area (Å²) < 4.78 is 16.2. The lowest BCUT2D eigenvalue weighted by atomic mass is 10.0. The van der Waals surface area contributed by atoms with Gasteiger partial charge in [0.25, 0.3) is 0 Å². The van der Waals surface area contributed by atoms with Gasteiger partial charge in [-0.25, -0.2) is 9.97 Å². The molecule has 1 aliphatic heterocycles. The molecule has 0 radical (unpaired) electrons. The van der Waals surface area contributed by atoms with Gasteiger partial charge >= 0.3 is 0 Å². The van der Waals surface area contributed by atoms with Crippen molar-refractivity contribution in [1.82, 2.24) is 14.9 Å². The van der Waals surface area contributed by atoms with Crippen molar-refractivity contribution in [3.63, 3.8) is 0 Å². The zero-order valence-corrected chi connectivity index (χ0v) is 20.9. The third-order valence-corrected chi connectivity index (χ3v) is 5.48. The molecule has 178 valence electrons. The average Bonchev–Trinajstić information content (AvgIpc) is 2.77. The van der Waals surface area contributed by atoms with Crippen LogP contribution in [0.15, 0.2) is 23.2 Å². The monoisotopic (exact) mass is 472 g/mol. The smallest absolute Gasteiger partial charge is 0.229 e. The second kappa shape index (κ2) is 11.1. The minimum Gasteiger partial charge on any atom is -0.493 e. The van der Waals surface area contributed by atoms with E-state index in [0.717, 1.165) is 30.9 Å². The van der Waals surface area contributed by atoms with Crippen LogP contribution in [0.1, 0.15) is 31.2 Å². The van der Waals surface area contributed by atoms with E-state index in [1.807, 2.05) is 19.9 Å². The van der Waals surface area contributed by atoms with Crippen LogP contribution in [0.2, 0.25) is 0 Å². The van der Waals surface area contributed by atoms with Gasteiger partial charge in [0, 0.05) is 42.3 Å². The summed E-state index contributed by atoms with van der Waals surface area (Å²) >= 11 is 5.58. The van der Waals surface area contributed by atoms with Crippen LogP contribution in [0, 0.1) is 19.8 Å². The van der Waals surface area contributed by atoms with Gasteiger partial charge in [-0.1, -0.05) is 6.92 Å². The van der Waals surface area contributed by atoms with Gasteiger partial charge in [0.05, 0.1) is 21.3 Å². The Bertz CT molecular complexity index is 984. The molecule has 0 amide bonds. The first kappa shape index (κ1) is 24.5. The van der Waals surface area contributed by atoms with Crippen LogP contribution in [-0.4, -0.2) is 60.4 Å². The molecule has 1 aliphatic rings. The Labute approximate surface area is 200 Å². The van der Waals surface area contributed by atoms with Crippen LogP contribution in [0.3, 0.4) is 0 Å². The molecule has 1 aromatic heterocycles. The Morgan fingerprint density at radius 2 is 1.67 bits per heavy atom. The van der Waals surface area contributed by atoms with E-state index in [1.54, 1.807) is 33.5 Å². The van der Waals surface area contributed by atoms with Gasteiger partial charge in [0.15, 0.2) is 11.5 Å². The second-order valence-corrected chi connectivity index (χ2v) is 8.46. The number of nitrogens with one attached hydrogen (secondary N) is 2. The molecule has 1 atom stereocenters. The highest BCUT2D eigenvalue weighted by atomic mass is 32.1. The fourth-order valence-electron chi connectivity index (χ4n) is 3.84. The second-order valence-electron chi connectivity index (χ2n) is 8.07. The van der Waals surface area contributed by atoms with Gasteiger partial charge in [-0.15, -0.1) is 0 Å². The summed E-state index contributed by atoms with van der Waals surface area (Å²) in [5.41, 5.74) is 2.44. The number of likely N-dealkylation sites (tertiary alicyclic amines) is 1. The summed E-state index contributed by atoms with van der Waals surface area (Å²) in [4.78, 5) is 15.9. The van der Waals surface area contributed by atoms with Crippen LogP contribution in [0.25, 0.3) is 0 Å². The molecule has 9 nitrogen and oxygen atoms in total. The predicted molar refractivity (Wildman–Crippen MR) is 135 cm³/mol.